The molecule has 0 radical (unpaired) electrons. The maximum atomic E-state index is 12.7. The molecule has 3 aromatic carbocycles. The molecular formula is C25H20N4O4. The van der Waals surface area contributed by atoms with E-state index in [0.29, 0.717) is 29.2 Å². The standard InChI is InChI=1S/C25H20N4O4/c1-2-32-19-10-7-18(8-11-19)25(31)33-23-12-9-17-5-3-4-6-20(17)21(23)15-28-29-24(30)22-16-26-13-14-27-22/h3-16H,2H2,1H3,(H,29,30)/b28-15-. The minimum absolute atomic E-state index is 0.134. The molecule has 1 heterocycles. The summed E-state index contributed by atoms with van der Waals surface area (Å²) in [6.07, 6.45) is 5.67. The molecule has 0 unspecified atom stereocenters. The summed E-state index contributed by atoms with van der Waals surface area (Å²) in [6, 6.07) is 17.9. The lowest BCUT2D eigenvalue weighted by atomic mass is 10.0. The molecular weight excluding hydrogens is 420 g/mol. The molecule has 0 saturated heterocycles. The second-order valence-corrected chi connectivity index (χ2v) is 6.84. The van der Waals surface area contributed by atoms with Crippen LogP contribution in [0.2, 0.25) is 0 Å². The Hall–Kier alpha value is -4.59. The Labute approximate surface area is 189 Å². The van der Waals surface area contributed by atoms with Crippen molar-refractivity contribution in [2.75, 3.05) is 6.61 Å². The van der Waals surface area contributed by atoms with E-state index in [0.717, 1.165) is 10.8 Å². The van der Waals surface area contributed by atoms with Gasteiger partial charge in [-0.1, -0.05) is 30.3 Å². The van der Waals surface area contributed by atoms with Gasteiger partial charge in [-0.05, 0) is 48.0 Å². The van der Waals surface area contributed by atoms with Crippen molar-refractivity contribution in [3.63, 3.8) is 0 Å². The number of rotatable bonds is 7. The largest absolute Gasteiger partial charge is 0.494 e. The zero-order valence-electron chi connectivity index (χ0n) is 17.8. The number of nitrogens with one attached hydrogen (secondary N) is 1. The highest BCUT2D eigenvalue weighted by molar-refractivity contribution is 6.04. The van der Waals surface area contributed by atoms with Gasteiger partial charge in [-0.15, -0.1) is 0 Å². The number of carbonyl (C=O) groups is 2. The molecule has 0 spiro atoms. The molecule has 0 fully saturated rings. The van der Waals surface area contributed by atoms with E-state index < -0.39 is 11.9 Å². The number of amides is 1. The van der Waals surface area contributed by atoms with Gasteiger partial charge in [-0.3, -0.25) is 9.78 Å². The first-order valence-corrected chi connectivity index (χ1v) is 10.2. The lowest BCUT2D eigenvalue weighted by Gasteiger charge is -2.11. The topological polar surface area (TPSA) is 103 Å². The highest BCUT2D eigenvalue weighted by Crippen LogP contribution is 2.27. The van der Waals surface area contributed by atoms with Gasteiger partial charge in [-0.2, -0.15) is 5.10 Å². The van der Waals surface area contributed by atoms with E-state index in [1.165, 1.54) is 24.8 Å². The molecule has 1 amide bonds. The first-order valence-electron chi connectivity index (χ1n) is 10.2. The number of carbonyl (C=O) groups excluding carboxylic acids is 2. The molecule has 8 nitrogen and oxygen atoms in total. The highest BCUT2D eigenvalue weighted by atomic mass is 16.5. The summed E-state index contributed by atoms with van der Waals surface area (Å²) in [5.41, 5.74) is 3.48. The molecule has 164 valence electrons. The van der Waals surface area contributed by atoms with Crippen LogP contribution in [0.5, 0.6) is 11.5 Å². The predicted octanol–water partition coefficient (Wildman–Crippen LogP) is 4.01. The average Bonchev–Trinajstić information content (AvgIpc) is 2.86. The van der Waals surface area contributed by atoms with Gasteiger partial charge in [-0.25, -0.2) is 15.2 Å². The van der Waals surface area contributed by atoms with Gasteiger partial charge in [0.15, 0.2) is 0 Å². The summed E-state index contributed by atoms with van der Waals surface area (Å²) in [4.78, 5) is 32.7. The third-order valence-corrected chi connectivity index (χ3v) is 4.69. The van der Waals surface area contributed by atoms with Gasteiger partial charge in [0.1, 0.15) is 17.2 Å². The number of esters is 1. The zero-order chi connectivity index (χ0) is 23.0. The number of fused-ring (bicyclic) bond motifs is 1. The van der Waals surface area contributed by atoms with E-state index in [1.807, 2.05) is 37.3 Å². The zero-order valence-corrected chi connectivity index (χ0v) is 17.8. The van der Waals surface area contributed by atoms with Crippen LogP contribution in [0.3, 0.4) is 0 Å². The number of hydrazone groups is 1. The molecule has 33 heavy (non-hydrogen) atoms. The second kappa shape index (κ2) is 10.1. The van der Waals surface area contributed by atoms with Gasteiger partial charge in [0.05, 0.1) is 24.6 Å². The summed E-state index contributed by atoms with van der Waals surface area (Å²) < 4.78 is 11.1. The van der Waals surface area contributed by atoms with Crippen molar-refractivity contribution in [1.29, 1.82) is 0 Å². The molecule has 0 bridgehead atoms. The van der Waals surface area contributed by atoms with E-state index in [-0.39, 0.29) is 5.69 Å². The van der Waals surface area contributed by atoms with Crippen LogP contribution in [0, 0.1) is 0 Å². The van der Waals surface area contributed by atoms with Crippen LogP contribution < -0.4 is 14.9 Å². The molecule has 0 saturated carbocycles. The number of benzene rings is 3. The van der Waals surface area contributed by atoms with Crippen molar-refractivity contribution >= 4 is 28.9 Å². The van der Waals surface area contributed by atoms with E-state index in [4.69, 9.17) is 9.47 Å². The molecule has 4 rings (SSSR count). The first-order chi connectivity index (χ1) is 16.2. The minimum Gasteiger partial charge on any atom is -0.494 e. The van der Waals surface area contributed by atoms with Crippen molar-refractivity contribution in [1.82, 2.24) is 15.4 Å². The van der Waals surface area contributed by atoms with Gasteiger partial charge in [0.25, 0.3) is 5.91 Å². The quantitative estimate of drug-likeness (QED) is 0.202. The Kier molecular flexibility index (Phi) is 6.65. The monoisotopic (exact) mass is 440 g/mol. The Morgan fingerprint density at radius 1 is 1.03 bits per heavy atom. The third-order valence-electron chi connectivity index (χ3n) is 4.69. The molecule has 0 aliphatic carbocycles. The van der Waals surface area contributed by atoms with Crippen LogP contribution in [-0.4, -0.2) is 34.7 Å². The maximum Gasteiger partial charge on any atom is 0.343 e. The SMILES string of the molecule is CCOc1ccc(C(=O)Oc2ccc3ccccc3c2/C=N\NC(=O)c2cnccn2)cc1. The van der Waals surface area contributed by atoms with Gasteiger partial charge < -0.3 is 9.47 Å². The van der Waals surface area contributed by atoms with Gasteiger partial charge in [0.2, 0.25) is 0 Å². The van der Waals surface area contributed by atoms with E-state index in [9.17, 15) is 9.59 Å². The van der Waals surface area contributed by atoms with Crippen LogP contribution in [0.1, 0.15) is 33.3 Å². The Morgan fingerprint density at radius 2 is 1.85 bits per heavy atom. The molecule has 4 aromatic rings. The van der Waals surface area contributed by atoms with Gasteiger partial charge in [0, 0.05) is 18.0 Å². The van der Waals surface area contributed by atoms with Crippen molar-refractivity contribution in [3.8, 4) is 11.5 Å². The molecule has 1 N–H and O–H groups in total. The predicted molar refractivity (Wildman–Crippen MR) is 124 cm³/mol. The fourth-order valence-corrected chi connectivity index (χ4v) is 3.14. The van der Waals surface area contributed by atoms with Crippen molar-refractivity contribution in [2.45, 2.75) is 6.92 Å². The number of nitrogens with zero attached hydrogens (tertiary/aromatic N) is 3. The normalized spacial score (nSPS) is 10.8. The summed E-state index contributed by atoms with van der Waals surface area (Å²) >= 11 is 0. The Morgan fingerprint density at radius 3 is 2.61 bits per heavy atom. The first kappa shape index (κ1) is 21.6. The highest BCUT2D eigenvalue weighted by Gasteiger charge is 2.14. The Balaban J connectivity index is 1.59. The van der Waals surface area contributed by atoms with Crippen molar-refractivity contribution < 1.29 is 19.1 Å². The molecule has 8 heteroatoms. The van der Waals surface area contributed by atoms with Crippen LogP contribution in [0.4, 0.5) is 0 Å². The number of hydrogen-bond donors (Lipinski definition) is 1. The third kappa shape index (κ3) is 5.19. The fourth-order valence-electron chi connectivity index (χ4n) is 3.14. The van der Waals surface area contributed by atoms with E-state index in [1.54, 1.807) is 30.3 Å². The number of aromatic nitrogens is 2. The van der Waals surface area contributed by atoms with Crippen LogP contribution in [0.25, 0.3) is 10.8 Å². The summed E-state index contributed by atoms with van der Waals surface area (Å²) in [5.74, 6) is -0.0457. The van der Waals surface area contributed by atoms with Gasteiger partial charge >= 0.3 is 5.97 Å². The van der Waals surface area contributed by atoms with Crippen LogP contribution in [-0.2, 0) is 0 Å². The number of hydrogen-bond acceptors (Lipinski definition) is 7. The second-order valence-electron chi connectivity index (χ2n) is 6.84. The number of ether oxygens (including phenoxy) is 2. The molecule has 0 aliphatic rings. The van der Waals surface area contributed by atoms with Crippen LogP contribution >= 0.6 is 0 Å². The van der Waals surface area contributed by atoms with Crippen molar-refractivity contribution in [3.05, 3.63) is 96.1 Å². The summed E-state index contributed by atoms with van der Waals surface area (Å²) in [5, 5.41) is 5.78. The molecule has 0 atom stereocenters. The summed E-state index contributed by atoms with van der Waals surface area (Å²) in [7, 11) is 0. The molecule has 1 aromatic heterocycles. The van der Waals surface area contributed by atoms with Crippen molar-refractivity contribution in [2.24, 2.45) is 5.10 Å². The van der Waals surface area contributed by atoms with E-state index >= 15 is 0 Å². The smallest absolute Gasteiger partial charge is 0.343 e. The lowest BCUT2D eigenvalue weighted by Crippen LogP contribution is -2.19. The van der Waals surface area contributed by atoms with Crippen LogP contribution in [0.15, 0.2) is 84.4 Å². The Bertz CT molecular complexity index is 1310. The molecule has 0 aliphatic heterocycles. The average molecular weight is 440 g/mol. The maximum absolute atomic E-state index is 12.7. The fraction of sp³-hybridized carbons (Fsp3) is 0.0800. The van der Waals surface area contributed by atoms with E-state index in [2.05, 4.69) is 20.5 Å². The summed E-state index contributed by atoms with van der Waals surface area (Å²) in [6.45, 7) is 2.43. The lowest BCUT2D eigenvalue weighted by molar-refractivity contribution is 0.0734. The minimum atomic E-state index is -0.522.